The van der Waals surface area contributed by atoms with Crippen molar-refractivity contribution in [3.63, 3.8) is 0 Å². The highest BCUT2D eigenvalue weighted by Crippen LogP contribution is 2.08. The Kier molecular flexibility index (Phi) is 3.54. The fourth-order valence-corrected chi connectivity index (χ4v) is 2.14. The van der Waals surface area contributed by atoms with Gasteiger partial charge in [-0.2, -0.15) is 15.0 Å². The van der Waals surface area contributed by atoms with Crippen LogP contribution in [-0.2, 0) is 17.8 Å². The third-order valence-electron chi connectivity index (χ3n) is 3.18. The van der Waals surface area contributed by atoms with Crippen LogP contribution in [0.5, 0.6) is 0 Å². The normalized spacial score (nSPS) is 10.8. The van der Waals surface area contributed by atoms with Gasteiger partial charge in [-0.05, 0) is 24.1 Å². The van der Waals surface area contributed by atoms with Crippen molar-refractivity contribution in [3.05, 3.63) is 60.2 Å². The summed E-state index contributed by atoms with van der Waals surface area (Å²) in [5, 5.41) is 8.58. The van der Waals surface area contributed by atoms with Crippen LogP contribution in [-0.4, -0.2) is 20.8 Å². The van der Waals surface area contributed by atoms with Crippen molar-refractivity contribution in [1.29, 1.82) is 0 Å². The highest BCUT2D eigenvalue weighted by Gasteiger charge is 2.07. The molecular weight excluding hydrogens is 250 g/mol. The number of hydrogen-bond donors (Lipinski definition) is 0. The van der Waals surface area contributed by atoms with Gasteiger partial charge in [0.1, 0.15) is 17.6 Å². The second-order valence-corrected chi connectivity index (χ2v) is 4.74. The van der Waals surface area contributed by atoms with Crippen LogP contribution in [0.3, 0.4) is 0 Å². The van der Waals surface area contributed by atoms with Crippen LogP contribution < -0.4 is 0 Å². The van der Waals surface area contributed by atoms with E-state index in [1.54, 1.807) is 0 Å². The van der Waals surface area contributed by atoms with E-state index in [0.29, 0.717) is 6.42 Å². The Balaban J connectivity index is 1.61. The lowest BCUT2D eigenvalue weighted by Crippen LogP contribution is -2.13. The third-order valence-corrected chi connectivity index (χ3v) is 3.18. The molecule has 3 rings (SSSR count). The molecule has 0 spiro atoms. The van der Waals surface area contributed by atoms with E-state index in [9.17, 15) is 4.79 Å². The van der Waals surface area contributed by atoms with Crippen molar-refractivity contribution in [2.45, 2.75) is 19.4 Å². The third kappa shape index (κ3) is 2.91. The molecule has 4 heteroatoms. The van der Waals surface area contributed by atoms with Crippen molar-refractivity contribution in [1.82, 2.24) is 15.0 Å². The number of aromatic nitrogens is 3. The maximum Gasteiger partial charge on any atom is 0.156 e. The van der Waals surface area contributed by atoms with Crippen molar-refractivity contribution in [2.75, 3.05) is 0 Å². The van der Waals surface area contributed by atoms with E-state index in [4.69, 9.17) is 0 Å². The second kappa shape index (κ2) is 5.65. The van der Waals surface area contributed by atoms with Gasteiger partial charge in [0.05, 0.1) is 0 Å². The van der Waals surface area contributed by atoms with E-state index in [1.807, 2.05) is 54.6 Å². The van der Waals surface area contributed by atoms with Crippen LogP contribution in [0.15, 0.2) is 54.6 Å². The SMILES string of the molecule is O=C(CCc1ccccc1)Cn1nc2ccccc2n1. The van der Waals surface area contributed by atoms with E-state index in [0.717, 1.165) is 17.5 Å². The Morgan fingerprint density at radius 2 is 1.50 bits per heavy atom. The van der Waals surface area contributed by atoms with Crippen LogP contribution in [0.2, 0.25) is 0 Å². The van der Waals surface area contributed by atoms with Gasteiger partial charge in [0.2, 0.25) is 0 Å². The molecule has 20 heavy (non-hydrogen) atoms. The summed E-state index contributed by atoms with van der Waals surface area (Å²) in [6.45, 7) is 0.238. The smallest absolute Gasteiger partial charge is 0.156 e. The zero-order valence-corrected chi connectivity index (χ0v) is 11.1. The molecule has 3 aromatic rings. The summed E-state index contributed by atoms with van der Waals surface area (Å²) in [5.74, 6) is 0.147. The molecule has 0 saturated heterocycles. The summed E-state index contributed by atoms with van der Waals surface area (Å²) in [5.41, 5.74) is 2.83. The van der Waals surface area contributed by atoms with Gasteiger partial charge < -0.3 is 0 Å². The Hall–Kier alpha value is -2.49. The summed E-state index contributed by atoms with van der Waals surface area (Å²) >= 11 is 0. The largest absolute Gasteiger partial charge is 0.298 e. The number of rotatable bonds is 5. The summed E-state index contributed by atoms with van der Waals surface area (Å²) in [7, 11) is 0. The van der Waals surface area contributed by atoms with Crippen LogP contribution in [0.1, 0.15) is 12.0 Å². The average molecular weight is 265 g/mol. The van der Waals surface area contributed by atoms with Crippen LogP contribution in [0.25, 0.3) is 11.0 Å². The lowest BCUT2D eigenvalue weighted by molar-refractivity contribution is -0.119. The molecule has 1 heterocycles. The van der Waals surface area contributed by atoms with Crippen molar-refractivity contribution < 1.29 is 4.79 Å². The van der Waals surface area contributed by atoms with Crippen LogP contribution in [0, 0.1) is 0 Å². The molecule has 0 aliphatic carbocycles. The summed E-state index contributed by atoms with van der Waals surface area (Å²) in [6, 6.07) is 17.6. The zero-order valence-electron chi connectivity index (χ0n) is 11.1. The number of ketones is 1. The first kappa shape index (κ1) is 12.5. The molecule has 0 unspecified atom stereocenters. The molecule has 100 valence electrons. The highest BCUT2D eigenvalue weighted by atomic mass is 16.1. The lowest BCUT2D eigenvalue weighted by Gasteiger charge is -2.01. The van der Waals surface area contributed by atoms with E-state index in [-0.39, 0.29) is 12.3 Å². The molecule has 4 nitrogen and oxygen atoms in total. The monoisotopic (exact) mass is 265 g/mol. The molecule has 0 radical (unpaired) electrons. The Labute approximate surface area is 117 Å². The number of fused-ring (bicyclic) bond motifs is 1. The Morgan fingerprint density at radius 3 is 2.15 bits per heavy atom. The van der Waals surface area contributed by atoms with Gasteiger partial charge in [-0.1, -0.05) is 42.5 Å². The number of aryl methyl sites for hydroxylation is 1. The zero-order chi connectivity index (χ0) is 13.8. The molecule has 0 aliphatic rings. The number of carbonyl (C=O) groups is 1. The van der Waals surface area contributed by atoms with Gasteiger partial charge in [0.15, 0.2) is 5.78 Å². The number of hydrogen-bond acceptors (Lipinski definition) is 3. The quantitative estimate of drug-likeness (QED) is 0.712. The van der Waals surface area contributed by atoms with E-state index in [1.165, 1.54) is 10.4 Å². The van der Waals surface area contributed by atoms with Crippen molar-refractivity contribution in [2.24, 2.45) is 0 Å². The lowest BCUT2D eigenvalue weighted by atomic mass is 10.1. The average Bonchev–Trinajstić information content (AvgIpc) is 2.88. The first-order valence-corrected chi connectivity index (χ1v) is 6.67. The number of nitrogens with zero attached hydrogens (tertiary/aromatic N) is 3. The van der Waals surface area contributed by atoms with E-state index in [2.05, 4.69) is 10.2 Å². The van der Waals surface area contributed by atoms with Gasteiger partial charge in [0.25, 0.3) is 0 Å². The maximum atomic E-state index is 12.0. The maximum absolute atomic E-state index is 12.0. The van der Waals surface area contributed by atoms with E-state index < -0.39 is 0 Å². The summed E-state index contributed by atoms with van der Waals surface area (Å²) < 4.78 is 0. The minimum atomic E-state index is 0.147. The Morgan fingerprint density at radius 1 is 0.900 bits per heavy atom. The molecule has 0 bridgehead atoms. The van der Waals surface area contributed by atoms with Gasteiger partial charge in [-0.3, -0.25) is 4.79 Å². The molecule has 0 aliphatic heterocycles. The molecule has 0 fully saturated rings. The van der Waals surface area contributed by atoms with Gasteiger partial charge >= 0.3 is 0 Å². The van der Waals surface area contributed by atoms with Crippen molar-refractivity contribution in [3.8, 4) is 0 Å². The van der Waals surface area contributed by atoms with Crippen LogP contribution >= 0.6 is 0 Å². The minimum absolute atomic E-state index is 0.147. The molecule has 0 saturated carbocycles. The summed E-state index contributed by atoms with van der Waals surface area (Å²) in [6.07, 6.45) is 1.28. The predicted molar refractivity (Wildman–Crippen MR) is 77.3 cm³/mol. The first-order valence-electron chi connectivity index (χ1n) is 6.67. The number of carbonyl (C=O) groups excluding carboxylic acids is 1. The first-order chi connectivity index (χ1) is 9.81. The molecule has 0 amide bonds. The predicted octanol–water partition coefficient (Wildman–Crippen LogP) is 2.63. The molecular formula is C16H15N3O. The summed E-state index contributed by atoms with van der Waals surface area (Å²) in [4.78, 5) is 13.4. The standard InChI is InChI=1S/C16H15N3O/c20-14(11-10-13-6-2-1-3-7-13)12-19-17-15-8-4-5-9-16(15)18-19/h1-9H,10-12H2. The topological polar surface area (TPSA) is 47.8 Å². The molecule has 0 N–H and O–H groups in total. The van der Waals surface area contributed by atoms with Gasteiger partial charge in [-0.15, -0.1) is 0 Å². The van der Waals surface area contributed by atoms with Crippen LogP contribution in [0.4, 0.5) is 0 Å². The molecule has 0 atom stereocenters. The fraction of sp³-hybridized carbons (Fsp3) is 0.188. The fourth-order valence-electron chi connectivity index (χ4n) is 2.14. The van der Waals surface area contributed by atoms with E-state index >= 15 is 0 Å². The second-order valence-electron chi connectivity index (χ2n) is 4.74. The number of Topliss-reactive ketones (excluding diaryl/α,β-unsaturated/α-hetero) is 1. The van der Waals surface area contributed by atoms with Gasteiger partial charge in [0, 0.05) is 6.42 Å². The highest BCUT2D eigenvalue weighted by molar-refractivity contribution is 5.79. The van der Waals surface area contributed by atoms with Crippen molar-refractivity contribution >= 4 is 16.8 Å². The minimum Gasteiger partial charge on any atom is -0.298 e. The molecule has 2 aromatic carbocycles. The number of benzene rings is 2. The van der Waals surface area contributed by atoms with Gasteiger partial charge in [-0.25, -0.2) is 0 Å². The Bertz CT molecular complexity index is 686. The molecule has 1 aromatic heterocycles.